The van der Waals surface area contributed by atoms with E-state index in [4.69, 9.17) is 9.47 Å². The van der Waals surface area contributed by atoms with Gasteiger partial charge in [-0.3, -0.25) is 4.79 Å². The zero-order valence-corrected chi connectivity index (χ0v) is 17.5. The number of benzene rings is 2. The van der Waals surface area contributed by atoms with E-state index in [2.05, 4.69) is 20.3 Å². The summed E-state index contributed by atoms with van der Waals surface area (Å²) in [4.78, 5) is 25.0. The maximum Gasteiger partial charge on any atom is 0.261 e. The second kappa shape index (κ2) is 9.34. The highest BCUT2D eigenvalue weighted by Crippen LogP contribution is 2.21. The van der Waals surface area contributed by atoms with Crippen LogP contribution in [0.3, 0.4) is 0 Å². The second-order valence-electron chi connectivity index (χ2n) is 7.23. The van der Waals surface area contributed by atoms with Gasteiger partial charge in [0.05, 0.1) is 30.5 Å². The van der Waals surface area contributed by atoms with E-state index >= 15 is 0 Å². The summed E-state index contributed by atoms with van der Waals surface area (Å²) in [5, 5.41) is 3.08. The van der Waals surface area contributed by atoms with Crippen molar-refractivity contribution in [3.05, 3.63) is 73.1 Å². The predicted octanol–water partition coefficient (Wildman–Crippen LogP) is 3.48. The molecule has 0 aliphatic carbocycles. The minimum absolute atomic E-state index is 0.216. The molecule has 8 nitrogen and oxygen atoms in total. The van der Waals surface area contributed by atoms with Crippen molar-refractivity contribution in [3.8, 4) is 11.5 Å². The van der Waals surface area contributed by atoms with Gasteiger partial charge in [0.15, 0.2) is 6.10 Å². The number of aromatic nitrogens is 4. The Balaban J connectivity index is 1.47. The number of aryl methyl sites for hydroxylation is 1. The van der Waals surface area contributed by atoms with E-state index in [1.807, 2.05) is 35.0 Å². The molecule has 160 valence electrons. The molecule has 0 radical (unpaired) electrons. The summed E-state index contributed by atoms with van der Waals surface area (Å²) >= 11 is 0. The molecule has 31 heavy (non-hydrogen) atoms. The number of imidazole rings is 2. The zero-order chi connectivity index (χ0) is 21.6. The number of carbonyl (C=O) groups excluding carboxylic acids is 1. The number of hydrogen-bond donors (Lipinski definition) is 2. The number of hydrogen-bond acceptors (Lipinski definition) is 5. The fraction of sp³-hybridized carbons (Fsp3) is 0.261. The molecular weight excluding hydrogens is 394 g/mol. The van der Waals surface area contributed by atoms with Crippen LogP contribution < -0.4 is 14.8 Å². The smallest absolute Gasteiger partial charge is 0.261 e. The molecule has 0 aliphatic heterocycles. The Morgan fingerprint density at radius 1 is 1.16 bits per heavy atom. The van der Waals surface area contributed by atoms with E-state index in [1.165, 1.54) is 0 Å². The fourth-order valence-corrected chi connectivity index (χ4v) is 3.31. The van der Waals surface area contributed by atoms with Gasteiger partial charge in [-0.15, -0.1) is 0 Å². The molecule has 2 N–H and O–H groups in total. The van der Waals surface area contributed by atoms with Gasteiger partial charge in [0.1, 0.15) is 17.3 Å². The average molecular weight is 419 g/mol. The molecule has 0 saturated carbocycles. The number of ether oxygens (including phenoxy) is 2. The largest absolute Gasteiger partial charge is 0.497 e. The number of nitrogens with one attached hydrogen (secondary N) is 2. The van der Waals surface area contributed by atoms with E-state index in [0.717, 1.165) is 16.8 Å². The van der Waals surface area contributed by atoms with Crippen LogP contribution in [0, 0.1) is 0 Å². The summed E-state index contributed by atoms with van der Waals surface area (Å²) in [6, 6.07) is 14.6. The number of carbonyl (C=O) groups is 1. The first-order valence-corrected chi connectivity index (χ1v) is 10.1. The van der Waals surface area contributed by atoms with E-state index in [9.17, 15) is 4.79 Å². The van der Waals surface area contributed by atoms with Crippen LogP contribution in [0.4, 0.5) is 0 Å². The number of aromatic amines is 1. The van der Waals surface area contributed by atoms with Gasteiger partial charge >= 0.3 is 0 Å². The first-order chi connectivity index (χ1) is 15.1. The lowest BCUT2D eigenvalue weighted by Crippen LogP contribution is -2.39. The number of fused-ring (bicyclic) bond motifs is 1. The molecule has 0 unspecified atom stereocenters. The lowest BCUT2D eigenvalue weighted by atomic mass is 10.1. The van der Waals surface area contributed by atoms with Crippen LogP contribution in [0.15, 0.2) is 67.3 Å². The Labute approximate surface area is 180 Å². The number of rotatable bonds is 9. The van der Waals surface area contributed by atoms with Crippen molar-refractivity contribution in [1.29, 1.82) is 0 Å². The molecule has 8 heteroatoms. The van der Waals surface area contributed by atoms with Gasteiger partial charge < -0.3 is 24.3 Å². The lowest BCUT2D eigenvalue weighted by molar-refractivity contribution is -0.128. The quantitative estimate of drug-likeness (QED) is 0.433. The molecule has 0 aliphatic rings. The third kappa shape index (κ3) is 5.03. The van der Waals surface area contributed by atoms with Crippen LogP contribution >= 0.6 is 0 Å². The summed E-state index contributed by atoms with van der Waals surface area (Å²) in [6.45, 7) is 2.42. The third-order valence-electron chi connectivity index (χ3n) is 5.03. The highest BCUT2D eigenvalue weighted by atomic mass is 16.5. The Morgan fingerprint density at radius 3 is 2.65 bits per heavy atom. The maximum absolute atomic E-state index is 12.9. The topological polar surface area (TPSA) is 94.1 Å². The number of amides is 1. The van der Waals surface area contributed by atoms with Crippen molar-refractivity contribution in [3.63, 3.8) is 0 Å². The van der Waals surface area contributed by atoms with Crippen molar-refractivity contribution >= 4 is 16.9 Å². The van der Waals surface area contributed by atoms with Crippen LogP contribution in [0.1, 0.15) is 25.2 Å². The maximum atomic E-state index is 12.9. The molecule has 0 spiro atoms. The Hall–Kier alpha value is -3.81. The fourth-order valence-electron chi connectivity index (χ4n) is 3.31. The molecule has 0 fully saturated rings. The number of para-hydroxylation sites is 2. The Morgan fingerprint density at radius 2 is 1.94 bits per heavy atom. The minimum Gasteiger partial charge on any atom is -0.497 e. The summed E-state index contributed by atoms with van der Waals surface area (Å²) < 4.78 is 12.9. The van der Waals surface area contributed by atoms with Crippen LogP contribution in [0.25, 0.3) is 11.0 Å². The summed E-state index contributed by atoms with van der Waals surface area (Å²) in [5.41, 5.74) is 1.80. The van der Waals surface area contributed by atoms with Gasteiger partial charge in [0.2, 0.25) is 0 Å². The van der Waals surface area contributed by atoms with Crippen molar-refractivity contribution in [2.45, 2.75) is 32.0 Å². The van der Waals surface area contributed by atoms with Gasteiger partial charge in [-0.1, -0.05) is 12.1 Å². The molecular formula is C23H25N5O3. The molecule has 2 aromatic carbocycles. The van der Waals surface area contributed by atoms with Crippen LogP contribution in [-0.2, 0) is 11.3 Å². The third-order valence-corrected chi connectivity index (χ3v) is 5.03. The first-order valence-electron chi connectivity index (χ1n) is 10.1. The predicted molar refractivity (Wildman–Crippen MR) is 117 cm³/mol. The second-order valence-corrected chi connectivity index (χ2v) is 7.23. The van der Waals surface area contributed by atoms with Crippen LogP contribution in [0.5, 0.6) is 11.5 Å². The van der Waals surface area contributed by atoms with E-state index in [-0.39, 0.29) is 11.9 Å². The highest BCUT2D eigenvalue weighted by molar-refractivity contribution is 5.81. The van der Waals surface area contributed by atoms with Crippen LogP contribution in [-0.4, -0.2) is 38.6 Å². The minimum atomic E-state index is -0.673. The molecule has 0 saturated heterocycles. The zero-order valence-electron chi connectivity index (χ0n) is 17.5. The van der Waals surface area contributed by atoms with Gasteiger partial charge in [-0.2, -0.15) is 0 Å². The van der Waals surface area contributed by atoms with Gasteiger partial charge in [-0.25, -0.2) is 9.97 Å². The van der Waals surface area contributed by atoms with E-state index in [0.29, 0.717) is 24.5 Å². The summed E-state index contributed by atoms with van der Waals surface area (Å²) in [6.07, 6.45) is 5.37. The number of H-pyrrole nitrogens is 1. The molecule has 2 aromatic heterocycles. The van der Waals surface area contributed by atoms with Gasteiger partial charge in [0, 0.05) is 18.9 Å². The van der Waals surface area contributed by atoms with Crippen molar-refractivity contribution in [1.82, 2.24) is 24.8 Å². The average Bonchev–Trinajstić information content (AvgIpc) is 3.46. The molecule has 4 aromatic rings. The van der Waals surface area contributed by atoms with E-state index < -0.39 is 6.10 Å². The summed E-state index contributed by atoms with van der Waals surface area (Å²) in [7, 11) is 1.61. The monoisotopic (exact) mass is 419 g/mol. The SMILES string of the molecule is COc1ccc(O[C@@H](C)C(=O)N[C@H](CCn2ccnc2)c2nc3ccccc3[nH]2)cc1. The number of methoxy groups -OCH3 is 1. The Bertz CT molecular complexity index is 1090. The molecule has 1 amide bonds. The van der Waals surface area contributed by atoms with E-state index in [1.54, 1.807) is 50.8 Å². The molecule has 0 bridgehead atoms. The summed E-state index contributed by atoms with van der Waals surface area (Å²) in [5.74, 6) is 1.83. The Kier molecular flexibility index (Phi) is 6.16. The lowest BCUT2D eigenvalue weighted by Gasteiger charge is -2.20. The van der Waals surface area contributed by atoms with Crippen LogP contribution in [0.2, 0.25) is 0 Å². The van der Waals surface area contributed by atoms with Crippen molar-refractivity contribution in [2.24, 2.45) is 0 Å². The van der Waals surface area contributed by atoms with Crippen molar-refractivity contribution in [2.75, 3.05) is 7.11 Å². The van der Waals surface area contributed by atoms with Gasteiger partial charge in [0.25, 0.3) is 5.91 Å². The molecule has 2 atom stereocenters. The molecule has 4 rings (SSSR count). The number of nitrogens with zero attached hydrogens (tertiary/aromatic N) is 3. The first kappa shape index (κ1) is 20.5. The normalized spacial score (nSPS) is 13.0. The standard InChI is InChI=1S/C23H25N5O3/c1-16(31-18-9-7-17(30-2)8-10-18)23(29)27-21(11-13-28-14-12-24-15-28)22-25-19-5-3-4-6-20(19)26-22/h3-10,12,14-16,21H,11,13H2,1-2H3,(H,25,26)(H,27,29)/t16-,21+/m0/s1. The van der Waals surface area contributed by atoms with Gasteiger partial charge in [-0.05, 0) is 49.7 Å². The van der Waals surface area contributed by atoms with Crippen molar-refractivity contribution < 1.29 is 14.3 Å². The molecule has 2 heterocycles. The highest BCUT2D eigenvalue weighted by Gasteiger charge is 2.23.